The van der Waals surface area contributed by atoms with Gasteiger partial charge in [0, 0.05) is 6.42 Å². The molecule has 2 aromatic carbocycles. The molecular formula is C18H18O3. The Morgan fingerprint density at radius 1 is 1.05 bits per heavy atom. The van der Waals surface area contributed by atoms with Crippen molar-refractivity contribution >= 4 is 5.78 Å². The van der Waals surface area contributed by atoms with Crippen LogP contribution in [0.1, 0.15) is 16.7 Å². The summed E-state index contributed by atoms with van der Waals surface area (Å²) in [5.41, 5.74) is 3.37. The van der Waals surface area contributed by atoms with Gasteiger partial charge in [-0.1, -0.05) is 30.3 Å². The number of aryl methyl sites for hydroxylation is 2. The van der Waals surface area contributed by atoms with E-state index in [0.717, 1.165) is 16.7 Å². The number of Topliss-reactive ketones (excluding diaryl/α,β-unsaturated/α-hetero) is 1. The summed E-state index contributed by atoms with van der Waals surface area (Å²) >= 11 is 0. The van der Waals surface area contributed by atoms with Gasteiger partial charge in [0.2, 0.25) is 0 Å². The Hall–Kier alpha value is -2.29. The van der Waals surface area contributed by atoms with Gasteiger partial charge in [0.1, 0.15) is 6.61 Å². The number of benzene rings is 2. The number of rotatable bonds is 3. The van der Waals surface area contributed by atoms with Crippen LogP contribution in [0.5, 0.6) is 11.5 Å². The standard InChI is InChI=1S/C18H18O3/c1-12-6-5-7-13(2)14(12)10-15(19)18-11-20-16-8-3-4-9-17(16)21-18/h3-9,18H,10-11H2,1-2H3. The minimum absolute atomic E-state index is 0.0573. The highest BCUT2D eigenvalue weighted by molar-refractivity contribution is 5.86. The van der Waals surface area contributed by atoms with Crippen molar-refractivity contribution in [2.75, 3.05) is 6.61 Å². The molecule has 0 N–H and O–H groups in total. The zero-order valence-electron chi connectivity index (χ0n) is 12.3. The highest BCUT2D eigenvalue weighted by Gasteiger charge is 2.27. The molecule has 0 saturated heterocycles. The highest BCUT2D eigenvalue weighted by atomic mass is 16.6. The Labute approximate surface area is 124 Å². The average Bonchev–Trinajstić information content (AvgIpc) is 2.50. The lowest BCUT2D eigenvalue weighted by Crippen LogP contribution is -2.37. The number of hydrogen-bond acceptors (Lipinski definition) is 3. The van der Waals surface area contributed by atoms with Crippen molar-refractivity contribution in [2.24, 2.45) is 0 Å². The fraction of sp³-hybridized carbons (Fsp3) is 0.278. The SMILES string of the molecule is Cc1cccc(C)c1CC(=O)C1COc2ccccc2O1. The topological polar surface area (TPSA) is 35.5 Å². The summed E-state index contributed by atoms with van der Waals surface area (Å²) in [5, 5.41) is 0. The predicted molar refractivity (Wildman–Crippen MR) is 81.0 cm³/mol. The lowest BCUT2D eigenvalue weighted by Gasteiger charge is -2.25. The van der Waals surface area contributed by atoms with Gasteiger partial charge in [-0.3, -0.25) is 4.79 Å². The first-order chi connectivity index (χ1) is 10.1. The largest absolute Gasteiger partial charge is 0.485 e. The Bertz CT molecular complexity index is 656. The first kappa shape index (κ1) is 13.7. The molecule has 0 amide bonds. The van der Waals surface area contributed by atoms with E-state index in [4.69, 9.17) is 9.47 Å². The molecule has 3 nitrogen and oxygen atoms in total. The van der Waals surface area contributed by atoms with Crippen LogP contribution in [0.2, 0.25) is 0 Å². The maximum atomic E-state index is 12.5. The van der Waals surface area contributed by atoms with Gasteiger partial charge in [-0.05, 0) is 42.7 Å². The predicted octanol–water partition coefficient (Wildman–Crippen LogP) is 3.26. The van der Waals surface area contributed by atoms with Crippen molar-refractivity contribution in [3.63, 3.8) is 0 Å². The summed E-state index contributed by atoms with van der Waals surface area (Å²) in [5.74, 6) is 1.40. The second-order valence-electron chi connectivity index (χ2n) is 5.38. The van der Waals surface area contributed by atoms with E-state index in [-0.39, 0.29) is 12.4 Å². The molecule has 0 bridgehead atoms. The zero-order valence-corrected chi connectivity index (χ0v) is 12.3. The molecule has 21 heavy (non-hydrogen) atoms. The molecule has 0 radical (unpaired) electrons. The Morgan fingerprint density at radius 2 is 1.71 bits per heavy atom. The molecule has 1 atom stereocenters. The van der Waals surface area contributed by atoms with Crippen LogP contribution in [-0.4, -0.2) is 18.5 Å². The fourth-order valence-corrected chi connectivity index (χ4v) is 2.59. The quantitative estimate of drug-likeness (QED) is 0.867. The van der Waals surface area contributed by atoms with E-state index in [1.54, 1.807) is 0 Å². The summed E-state index contributed by atoms with van der Waals surface area (Å²) in [4.78, 5) is 12.5. The normalized spacial score (nSPS) is 16.6. The highest BCUT2D eigenvalue weighted by Crippen LogP contribution is 2.31. The van der Waals surface area contributed by atoms with Crippen molar-refractivity contribution in [3.05, 3.63) is 59.2 Å². The third-order valence-electron chi connectivity index (χ3n) is 3.86. The number of carbonyl (C=O) groups excluding carboxylic acids is 1. The number of ketones is 1. The van der Waals surface area contributed by atoms with Crippen molar-refractivity contribution in [1.29, 1.82) is 0 Å². The van der Waals surface area contributed by atoms with Crippen molar-refractivity contribution < 1.29 is 14.3 Å². The van der Waals surface area contributed by atoms with Gasteiger partial charge in [0.25, 0.3) is 0 Å². The first-order valence-electron chi connectivity index (χ1n) is 7.11. The van der Waals surface area contributed by atoms with E-state index in [9.17, 15) is 4.79 Å². The molecule has 1 aliphatic heterocycles. The van der Waals surface area contributed by atoms with Crippen LogP contribution in [0.15, 0.2) is 42.5 Å². The molecule has 1 unspecified atom stereocenters. The molecule has 1 heterocycles. The molecule has 0 spiro atoms. The summed E-state index contributed by atoms with van der Waals surface area (Å²) in [7, 11) is 0. The van der Waals surface area contributed by atoms with Crippen LogP contribution in [0.4, 0.5) is 0 Å². The number of fused-ring (bicyclic) bond motifs is 1. The number of para-hydroxylation sites is 2. The summed E-state index contributed by atoms with van der Waals surface area (Å²) in [6.45, 7) is 4.34. The third-order valence-corrected chi connectivity index (χ3v) is 3.86. The average molecular weight is 282 g/mol. The lowest BCUT2D eigenvalue weighted by molar-refractivity contribution is -0.127. The van der Waals surface area contributed by atoms with Crippen LogP contribution in [0, 0.1) is 13.8 Å². The molecule has 3 rings (SSSR count). The molecule has 0 aromatic heterocycles. The van der Waals surface area contributed by atoms with Crippen molar-refractivity contribution in [3.8, 4) is 11.5 Å². The molecule has 1 aliphatic rings. The molecule has 3 heteroatoms. The zero-order chi connectivity index (χ0) is 14.8. The summed E-state index contributed by atoms with van der Waals surface area (Å²) in [6, 6.07) is 13.5. The molecule has 108 valence electrons. The third kappa shape index (κ3) is 2.77. The number of ether oxygens (including phenoxy) is 2. The minimum atomic E-state index is -0.529. The van der Waals surface area contributed by atoms with Gasteiger partial charge in [0.05, 0.1) is 0 Å². The molecule has 2 aromatic rings. The van der Waals surface area contributed by atoms with Gasteiger partial charge >= 0.3 is 0 Å². The van der Waals surface area contributed by atoms with Crippen molar-refractivity contribution in [1.82, 2.24) is 0 Å². The molecular weight excluding hydrogens is 264 g/mol. The van der Waals surface area contributed by atoms with Gasteiger partial charge < -0.3 is 9.47 Å². The van der Waals surface area contributed by atoms with Gasteiger partial charge in [0.15, 0.2) is 23.4 Å². The van der Waals surface area contributed by atoms with E-state index in [2.05, 4.69) is 0 Å². The van der Waals surface area contributed by atoms with E-state index in [1.807, 2.05) is 56.3 Å². The maximum absolute atomic E-state index is 12.5. The second-order valence-corrected chi connectivity index (χ2v) is 5.38. The first-order valence-corrected chi connectivity index (χ1v) is 7.11. The van der Waals surface area contributed by atoms with Crippen molar-refractivity contribution in [2.45, 2.75) is 26.4 Å². The molecule has 0 saturated carbocycles. The van der Waals surface area contributed by atoms with Gasteiger partial charge in [-0.15, -0.1) is 0 Å². The maximum Gasteiger partial charge on any atom is 0.191 e. The van der Waals surface area contributed by atoms with Crippen LogP contribution in [0.3, 0.4) is 0 Å². The van der Waals surface area contributed by atoms with Crippen LogP contribution in [0.25, 0.3) is 0 Å². The van der Waals surface area contributed by atoms with Crippen LogP contribution >= 0.6 is 0 Å². The summed E-state index contributed by atoms with van der Waals surface area (Å²) in [6.07, 6.45) is -0.145. The number of carbonyl (C=O) groups is 1. The Balaban J connectivity index is 1.76. The van der Waals surface area contributed by atoms with Crippen LogP contribution in [-0.2, 0) is 11.2 Å². The van der Waals surface area contributed by atoms with Crippen LogP contribution < -0.4 is 9.47 Å². The minimum Gasteiger partial charge on any atom is -0.485 e. The fourth-order valence-electron chi connectivity index (χ4n) is 2.59. The summed E-state index contributed by atoms with van der Waals surface area (Å²) < 4.78 is 11.4. The lowest BCUT2D eigenvalue weighted by atomic mass is 9.96. The monoisotopic (exact) mass is 282 g/mol. The van der Waals surface area contributed by atoms with E-state index < -0.39 is 6.10 Å². The number of hydrogen-bond donors (Lipinski definition) is 0. The van der Waals surface area contributed by atoms with Gasteiger partial charge in [-0.25, -0.2) is 0 Å². The Morgan fingerprint density at radius 3 is 2.43 bits per heavy atom. The van der Waals surface area contributed by atoms with E-state index in [0.29, 0.717) is 17.9 Å². The van der Waals surface area contributed by atoms with E-state index >= 15 is 0 Å². The Kier molecular flexibility index (Phi) is 3.65. The second kappa shape index (κ2) is 5.60. The van der Waals surface area contributed by atoms with E-state index in [1.165, 1.54) is 0 Å². The molecule has 0 fully saturated rings. The molecule has 0 aliphatic carbocycles. The van der Waals surface area contributed by atoms with Gasteiger partial charge in [-0.2, -0.15) is 0 Å². The smallest absolute Gasteiger partial charge is 0.191 e.